The third-order valence-electron chi connectivity index (χ3n) is 8.60. The van der Waals surface area contributed by atoms with Gasteiger partial charge in [0.1, 0.15) is 11.8 Å². The quantitative estimate of drug-likeness (QED) is 0.182. The highest BCUT2D eigenvalue weighted by molar-refractivity contribution is 5.90. The first-order valence-electron chi connectivity index (χ1n) is 15.5. The van der Waals surface area contributed by atoms with Crippen molar-refractivity contribution in [2.24, 2.45) is 0 Å². The third-order valence-corrected chi connectivity index (χ3v) is 8.60. The second kappa shape index (κ2) is 14.9. The van der Waals surface area contributed by atoms with E-state index in [4.69, 9.17) is 18.9 Å². The standard InChI is InChI=1S/C36H43N3O6/c1-42-28-14-10-11-24(19-28)23-39(33(40)18-17-25-22-37-30-16-9-8-15-29(25)30)34(36(41)38-27-12-6-5-7-13-27)26-20-31(43-2)35(45-4)32(21-26)44-3/h8-11,14-16,19-22,27,34,37H,5-7,12-13,17-18,23H2,1-4H3,(H,38,41)/t34-/m1/s1. The number of H-pyrrole nitrogens is 1. The molecule has 238 valence electrons. The van der Waals surface area contributed by atoms with Gasteiger partial charge < -0.3 is 34.1 Å². The molecule has 0 spiro atoms. The van der Waals surface area contributed by atoms with Crippen LogP contribution in [0.15, 0.2) is 66.9 Å². The van der Waals surface area contributed by atoms with Crippen LogP contribution in [0.25, 0.3) is 10.9 Å². The summed E-state index contributed by atoms with van der Waals surface area (Å²) in [4.78, 5) is 33.7. The largest absolute Gasteiger partial charge is 0.497 e. The number of hydrogen-bond acceptors (Lipinski definition) is 6. The number of methoxy groups -OCH3 is 4. The maximum atomic E-state index is 14.4. The number of aromatic amines is 1. The molecule has 3 aromatic carbocycles. The highest BCUT2D eigenvalue weighted by Crippen LogP contribution is 2.41. The number of aromatic nitrogens is 1. The highest BCUT2D eigenvalue weighted by atomic mass is 16.5. The van der Waals surface area contributed by atoms with Crippen LogP contribution < -0.4 is 24.3 Å². The minimum atomic E-state index is -0.956. The molecule has 2 N–H and O–H groups in total. The Morgan fingerprint density at radius 2 is 1.62 bits per heavy atom. The molecular weight excluding hydrogens is 570 g/mol. The first-order valence-corrected chi connectivity index (χ1v) is 15.5. The summed E-state index contributed by atoms with van der Waals surface area (Å²) in [5, 5.41) is 4.37. The van der Waals surface area contributed by atoms with Crippen LogP contribution in [0, 0.1) is 0 Å². The molecule has 1 aromatic heterocycles. The van der Waals surface area contributed by atoms with Gasteiger partial charge in [0.05, 0.1) is 28.4 Å². The summed E-state index contributed by atoms with van der Waals surface area (Å²) in [6, 6.07) is 18.2. The van der Waals surface area contributed by atoms with Gasteiger partial charge in [-0.05, 0) is 66.3 Å². The molecule has 1 atom stereocenters. The van der Waals surface area contributed by atoms with Crippen LogP contribution in [0.4, 0.5) is 0 Å². The topological polar surface area (TPSA) is 102 Å². The van der Waals surface area contributed by atoms with E-state index in [1.54, 1.807) is 38.4 Å². The molecule has 4 aromatic rings. The molecule has 9 nitrogen and oxygen atoms in total. The van der Waals surface area contributed by atoms with Crippen molar-refractivity contribution in [2.75, 3.05) is 28.4 Å². The average Bonchev–Trinajstić information content (AvgIpc) is 3.50. The van der Waals surface area contributed by atoms with Gasteiger partial charge in [-0.2, -0.15) is 0 Å². The van der Waals surface area contributed by atoms with E-state index in [9.17, 15) is 9.59 Å². The first-order chi connectivity index (χ1) is 21.9. The monoisotopic (exact) mass is 613 g/mol. The lowest BCUT2D eigenvalue weighted by Gasteiger charge is -2.34. The van der Waals surface area contributed by atoms with Gasteiger partial charge >= 0.3 is 0 Å². The van der Waals surface area contributed by atoms with Gasteiger partial charge in [-0.1, -0.05) is 49.6 Å². The molecule has 1 heterocycles. The summed E-state index contributed by atoms with van der Waals surface area (Å²) < 4.78 is 22.4. The molecule has 45 heavy (non-hydrogen) atoms. The number of para-hydroxylation sites is 1. The van der Waals surface area contributed by atoms with Crippen molar-refractivity contribution in [1.29, 1.82) is 0 Å². The van der Waals surface area contributed by atoms with Crippen molar-refractivity contribution in [2.45, 2.75) is 63.6 Å². The molecule has 9 heteroatoms. The molecule has 0 radical (unpaired) electrons. The molecule has 0 saturated heterocycles. The number of fused-ring (bicyclic) bond motifs is 1. The van der Waals surface area contributed by atoms with Crippen molar-refractivity contribution < 1.29 is 28.5 Å². The van der Waals surface area contributed by atoms with E-state index in [0.717, 1.165) is 54.1 Å². The van der Waals surface area contributed by atoms with Gasteiger partial charge in [-0.15, -0.1) is 0 Å². The number of nitrogens with one attached hydrogen (secondary N) is 2. The lowest BCUT2D eigenvalue weighted by Crippen LogP contribution is -2.47. The molecule has 1 aliphatic carbocycles. The minimum Gasteiger partial charge on any atom is -0.497 e. The van der Waals surface area contributed by atoms with Crippen molar-refractivity contribution >= 4 is 22.7 Å². The van der Waals surface area contributed by atoms with Gasteiger partial charge in [-0.25, -0.2) is 0 Å². The molecule has 1 saturated carbocycles. The summed E-state index contributed by atoms with van der Waals surface area (Å²) >= 11 is 0. The summed E-state index contributed by atoms with van der Waals surface area (Å²) in [6.07, 6.45) is 7.81. The molecule has 0 unspecified atom stereocenters. The van der Waals surface area contributed by atoms with Crippen molar-refractivity contribution in [3.63, 3.8) is 0 Å². The predicted octanol–water partition coefficient (Wildman–Crippen LogP) is 6.35. The zero-order valence-corrected chi connectivity index (χ0v) is 26.6. The molecule has 1 aliphatic rings. The second-order valence-electron chi connectivity index (χ2n) is 11.4. The van der Waals surface area contributed by atoms with Crippen LogP contribution in [-0.4, -0.2) is 56.2 Å². The van der Waals surface area contributed by atoms with E-state index in [2.05, 4.69) is 16.4 Å². The van der Waals surface area contributed by atoms with E-state index >= 15 is 0 Å². The fourth-order valence-corrected chi connectivity index (χ4v) is 6.27. The van der Waals surface area contributed by atoms with E-state index in [0.29, 0.717) is 35.0 Å². The second-order valence-corrected chi connectivity index (χ2v) is 11.4. The Balaban J connectivity index is 1.56. The Bertz CT molecular complexity index is 1580. The SMILES string of the molecule is COc1cccc(CN(C(=O)CCc2c[nH]c3ccccc23)[C@@H](C(=O)NC2CCCCC2)c2cc(OC)c(OC)c(OC)c2)c1. The lowest BCUT2D eigenvalue weighted by atomic mass is 9.94. The predicted molar refractivity (Wildman–Crippen MR) is 174 cm³/mol. The zero-order valence-electron chi connectivity index (χ0n) is 26.6. The third kappa shape index (κ3) is 7.36. The fourth-order valence-electron chi connectivity index (χ4n) is 6.27. The Morgan fingerprint density at radius 3 is 2.31 bits per heavy atom. The number of carbonyl (C=O) groups excluding carboxylic acids is 2. The molecule has 5 rings (SSSR count). The van der Waals surface area contributed by atoms with Crippen LogP contribution in [0.1, 0.15) is 61.3 Å². The highest BCUT2D eigenvalue weighted by Gasteiger charge is 2.34. The summed E-state index contributed by atoms with van der Waals surface area (Å²) in [5.41, 5.74) is 3.49. The van der Waals surface area contributed by atoms with Crippen LogP contribution in [0.3, 0.4) is 0 Å². The average molecular weight is 614 g/mol. The summed E-state index contributed by atoms with van der Waals surface area (Å²) in [6.45, 7) is 0.198. The zero-order chi connectivity index (χ0) is 31.8. The van der Waals surface area contributed by atoms with Gasteiger partial charge in [0, 0.05) is 36.1 Å². The van der Waals surface area contributed by atoms with Gasteiger partial charge in [0.15, 0.2) is 11.5 Å². The number of hydrogen-bond donors (Lipinski definition) is 2. The molecule has 0 bridgehead atoms. The number of benzene rings is 3. The molecule has 2 amide bonds. The number of carbonyl (C=O) groups is 2. The molecule has 1 fully saturated rings. The maximum absolute atomic E-state index is 14.4. The van der Waals surface area contributed by atoms with Crippen molar-refractivity contribution in [1.82, 2.24) is 15.2 Å². The number of nitrogens with zero attached hydrogens (tertiary/aromatic N) is 1. The summed E-state index contributed by atoms with van der Waals surface area (Å²) in [7, 11) is 6.23. The van der Waals surface area contributed by atoms with E-state index in [-0.39, 0.29) is 30.8 Å². The Hall–Kier alpha value is -4.66. The Kier molecular flexibility index (Phi) is 10.5. The van der Waals surface area contributed by atoms with E-state index < -0.39 is 6.04 Å². The number of rotatable bonds is 13. The van der Waals surface area contributed by atoms with Gasteiger partial charge in [0.25, 0.3) is 0 Å². The van der Waals surface area contributed by atoms with Gasteiger partial charge in [0.2, 0.25) is 17.6 Å². The normalized spacial score (nSPS) is 14.0. The van der Waals surface area contributed by atoms with Gasteiger partial charge in [-0.3, -0.25) is 9.59 Å². The number of aryl methyl sites for hydroxylation is 1. The lowest BCUT2D eigenvalue weighted by molar-refractivity contribution is -0.142. The number of ether oxygens (including phenoxy) is 4. The van der Waals surface area contributed by atoms with E-state index in [1.807, 2.05) is 48.7 Å². The fraction of sp³-hybridized carbons (Fsp3) is 0.389. The van der Waals surface area contributed by atoms with Crippen LogP contribution >= 0.6 is 0 Å². The Morgan fingerprint density at radius 1 is 0.889 bits per heavy atom. The van der Waals surface area contributed by atoms with Crippen LogP contribution in [0.5, 0.6) is 23.0 Å². The van der Waals surface area contributed by atoms with Crippen LogP contribution in [0.2, 0.25) is 0 Å². The molecular formula is C36H43N3O6. The first kappa shape index (κ1) is 31.8. The Labute approximate surface area is 264 Å². The van der Waals surface area contributed by atoms with Crippen molar-refractivity contribution in [3.05, 3.63) is 83.6 Å². The minimum absolute atomic E-state index is 0.0516. The smallest absolute Gasteiger partial charge is 0.247 e. The maximum Gasteiger partial charge on any atom is 0.247 e. The number of amides is 2. The van der Waals surface area contributed by atoms with E-state index in [1.165, 1.54) is 7.11 Å². The molecule has 0 aliphatic heterocycles. The van der Waals surface area contributed by atoms with Crippen LogP contribution in [-0.2, 0) is 22.6 Å². The van der Waals surface area contributed by atoms with Crippen molar-refractivity contribution in [3.8, 4) is 23.0 Å². The summed E-state index contributed by atoms with van der Waals surface area (Å²) in [5.74, 6) is 1.53.